The number of carbonyl (C=O) groups is 2. The van der Waals surface area contributed by atoms with Crippen molar-refractivity contribution in [2.24, 2.45) is 5.73 Å². The molecular weight excluding hydrogens is 459 g/mol. The zero-order valence-electron chi connectivity index (χ0n) is 13.3. The lowest BCUT2D eigenvalue weighted by Crippen LogP contribution is -2.23. The standard InChI is InChI=1S/C17H16ClIN2O4/c1-24-15-6-10(2-5-14(15)25-9-16(20)22)8-21-17(23)11-3-4-12(18)13(19)7-11/h2-7H,8-9H2,1H3,(H2,20,22)(H,21,23). The van der Waals surface area contributed by atoms with Gasteiger partial charge < -0.3 is 20.5 Å². The van der Waals surface area contributed by atoms with Crippen LogP contribution in [0.25, 0.3) is 0 Å². The van der Waals surface area contributed by atoms with Gasteiger partial charge in [0.1, 0.15) is 0 Å². The van der Waals surface area contributed by atoms with Crippen LogP contribution in [0.3, 0.4) is 0 Å². The average Bonchev–Trinajstić information content (AvgIpc) is 2.60. The van der Waals surface area contributed by atoms with Crippen molar-refractivity contribution >= 4 is 46.0 Å². The summed E-state index contributed by atoms with van der Waals surface area (Å²) >= 11 is 8.03. The number of nitrogens with two attached hydrogens (primary N) is 1. The van der Waals surface area contributed by atoms with E-state index >= 15 is 0 Å². The number of amides is 2. The fourth-order valence-electron chi connectivity index (χ4n) is 2.01. The van der Waals surface area contributed by atoms with E-state index in [-0.39, 0.29) is 12.5 Å². The lowest BCUT2D eigenvalue weighted by molar-refractivity contribution is -0.119. The third-order valence-electron chi connectivity index (χ3n) is 3.23. The first-order chi connectivity index (χ1) is 11.9. The topological polar surface area (TPSA) is 90.7 Å². The fourth-order valence-corrected chi connectivity index (χ4v) is 2.64. The van der Waals surface area contributed by atoms with Gasteiger partial charge in [0.05, 0.1) is 12.1 Å². The molecule has 0 saturated heterocycles. The van der Waals surface area contributed by atoms with Crippen LogP contribution in [0.15, 0.2) is 36.4 Å². The van der Waals surface area contributed by atoms with Gasteiger partial charge in [-0.05, 0) is 58.5 Å². The zero-order valence-corrected chi connectivity index (χ0v) is 16.3. The summed E-state index contributed by atoms with van der Waals surface area (Å²) in [5, 5.41) is 3.43. The van der Waals surface area contributed by atoms with Crippen molar-refractivity contribution in [3.8, 4) is 11.5 Å². The fraction of sp³-hybridized carbons (Fsp3) is 0.176. The second-order valence-corrected chi connectivity index (χ2v) is 6.62. The Morgan fingerprint density at radius 3 is 2.60 bits per heavy atom. The largest absolute Gasteiger partial charge is 0.493 e. The second-order valence-electron chi connectivity index (χ2n) is 5.05. The smallest absolute Gasteiger partial charge is 0.255 e. The number of hydrogen-bond donors (Lipinski definition) is 2. The molecule has 0 aliphatic heterocycles. The first kappa shape index (κ1) is 19.3. The highest BCUT2D eigenvalue weighted by Gasteiger charge is 2.10. The molecule has 2 rings (SSSR count). The molecule has 132 valence electrons. The van der Waals surface area contributed by atoms with E-state index in [2.05, 4.69) is 27.9 Å². The molecule has 0 saturated carbocycles. The Labute approximate surface area is 163 Å². The molecule has 0 bridgehead atoms. The maximum atomic E-state index is 12.2. The molecule has 0 aliphatic carbocycles. The highest BCUT2D eigenvalue weighted by Crippen LogP contribution is 2.28. The third-order valence-corrected chi connectivity index (χ3v) is 4.77. The predicted octanol–water partition coefficient (Wildman–Crippen LogP) is 2.75. The van der Waals surface area contributed by atoms with Crippen molar-refractivity contribution in [1.82, 2.24) is 5.32 Å². The SMILES string of the molecule is COc1cc(CNC(=O)c2ccc(Cl)c(I)c2)ccc1OCC(N)=O. The monoisotopic (exact) mass is 474 g/mol. The van der Waals surface area contributed by atoms with Gasteiger partial charge in [-0.15, -0.1) is 0 Å². The van der Waals surface area contributed by atoms with Crippen molar-refractivity contribution in [1.29, 1.82) is 0 Å². The molecule has 0 aliphatic rings. The van der Waals surface area contributed by atoms with Crippen LogP contribution in [0.4, 0.5) is 0 Å². The van der Waals surface area contributed by atoms with Crippen LogP contribution in [0, 0.1) is 3.57 Å². The lowest BCUT2D eigenvalue weighted by Gasteiger charge is -2.12. The van der Waals surface area contributed by atoms with Gasteiger partial charge in [-0.3, -0.25) is 9.59 Å². The summed E-state index contributed by atoms with van der Waals surface area (Å²) in [4.78, 5) is 23.0. The molecule has 0 atom stereocenters. The van der Waals surface area contributed by atoms with Gasteiger partial charge in [-0.1, -0.05) is 17.7 Å². The predicted molar refractivity (Wildman–Crippen MR) is 103 cm³/mol. The van der Waals surface area contributed by atoms with Gasteiger partial charge in [0.15, 0.2) is 18.1 Å². The lowest BCUT2D eigenvalue weighted by atomic mass is 10.1. The van der Waals surface area contributed by atoms with E-state index in [0.29, 0.717) is 28.6 Å². The first-order valence-electron chi connectivity index (χ1n) is 7.22. The Bertz CT molecular complexity index is 798. The Balaban J connectivity index is 2.03. The van der Waals surface area contributed by atoms with E-state index in [9.17, 15) is 9.59 Å². The van der Waals surface area contributed by atoms with Gasteiger partial charge in [0.25, 0.3) is 11.8 Å². The molecular formula is C17H16ClIN2O4. The van der Waals surface area contributed by atoms with E-state index in [0.717, 1.165) is 9.13 Å². The van der Waals surface area contributed by atoms with Gasteiger partial charge in [0.2, 0.25) is 0 Å². The van der Waals surface area contributed by atoms with Crippen LogP contribution in [0.5, 0.6) is 11.5 Å². The second kappa shape index (κ2) is 8.91. The van der Waals surface area contributed by atoms with Crippen molar-refractivity contribution in [2.45, 2.75) is 6.54 Å². The molecule has 0 aromatic heterocycles. The molecule has 25 heavy (non-hydrogen) atoms. The Hall–Kier alpha value is -2.00. The quantitative estimate of drug-likeness (QED) is 0.604. The minimum atomic E-state index is -0.573. The van der Waals surface area contributed by atoms with Crippen molar-refractivity contribution in [3.63, 3.8) is 0 Å². The van der Waals surface area contributed by atoms with Gasteiger partial charge >= 0.3 is 0 Å². The number of carbonyl (C=O) groups excluding carboxylic acids is 2. The van der Waals surface area contributed by atoms with Crippen molar-refractivity contribution in [3.05, 3.63) is 56.1 Å². The number of halogens is 2. The molecule has 2 amide bonds. The summed E-state index contributed by atoms with van der Waals surface area (Å²) in [6, 6.07) is 10.2. The number of benzene rings is 2. The van der Waals surface area contributed by atoms with E-state index in [1.807, 2.05) is 0 Å². The normalized spacial score (nSPS) is 10.2. The molecule has 2 aromatic rings. The van der Waals surface area contributed by atoms with E-state index in [1.165, 1.54) is 7.11 Å². The Morgan fingerprint density at radius 1 is 1.20 bits per heavy atom. The molecule has 3 N–H and O–H groups in total. The molecule has 2 aromatic carbocycles. The van der Waals surface area contributed by atoms with Crippen LogP contribution in [0.1, 0.15) is 15.9 Å². The highest BCUT2D eigenvalue weighted by molar-refractivity contribution is 14.1. The van der Waals surface area contributed by atoms with E-state index < -0.39 is 5.91 Å². The number of primary amides is 1. The first-order valence-corrected chi connectivity index (χ1v) is 8.67. The minimum Gasteiger partial charge on any atom is -0.493 e. The summed E-state index contributed by atoms with van der Waals surface area (Å²) < 4.78 is 11.3. The van der Waals surface area contributed by atoms with Gasteiger partial charge in [0, 0.05) is 15.7 Å². The Morgan fingerprint density at radius 2 is 1.96 bits per heavy atom. The molecule has 0 unspecified atom stereocenters. The van der Waals surface area contributed by atoms with Crippen LogP contribution in [-0.4, -0.2) is 25.5 Å². The number of hydrogen-bond acceptors (Lipinski definition) is 4. The zero-order chi connectivity index (χ0) is 18.4. The maximum Gasteiger partial charge on any atom is 0.255 e. The number of nitrogens with one attached hydrogen (secondary N) is 1. The summed E-state index contributed by atoms with van der Waals surface area (Å²) in [7, 11) is 1.49. The third kappa shape index (κ3) is 5.50. The number of ether oxygens (including phenoxy) is 2. The van der Waals surface area contributed by atoms with Gasteiger partial charge in [-0.2, -0.15) is 0 Å². The highest BCUT2D eigenvalue weighted by atomic mass is 127. The molecule has 0 fully saturated rings. The van der Waals surface area contributed by atoms with E-state index in [1.54, 1.807) is 36.4 Å². The van der Waals surface area contributed by atoms with Crippen molar-refractivity contribution < 1.29 is 19.1 Å². The van der Waals surface area contributed by atoms with Crippen LogP contribution < -0.4 is 20.5 Å². The Kier molecular flexibility index (Phi) is 6.89. The molecule has 0 radical (unpaired) electrons. The van der Waals surface area contributed by atoms with E-state index in [4.69, 9.17) is 26.8 Å². The summed E-state index contributed by atoms with van der Waals surface area (Å²) in [5.74, 6) is 0.0799. The number of methoxy groups -OCH3 is 1. The molecule has 0 spiro atoms. The molecule has 6 nitrogen and oxygen atoms in total. The van der Waals surface area contributed by atoms with Gasteiger partial charge in [-0.25, -0.2) is 0 Å². The van der Waals surface area contributed by atoms with Crippen LogP contribution >= 0.6 is 34.2 Å². The average molecular weight is 475 g/mol. The van der Waals surface area contributed by atoms with Crippen LogP contribution in [0.2, 0.25) is 5.02 Å². The maximum absolute atomic E-state index is 12.2. The molecule has 0 heterocycles. The molecule has 8 heteroatoms. The summed E-state index contributed by atoms with van der Waals surface area (Å²) in [6.07, 6.45) is 0. The number of rotatable bonds is 7. The van der Waals surface area contributed by atoms with Crippen LogP contribution in [-0.2, 0) is 11.3 Å². The minimum absolute atomic E-state index is 0.206. The van der Waals surface area contributed by atoms with Crippen molar-refractivity contribution in [2.75, 3.05) is 13.7 Å². The summed E-state index contributed by atoms with van der Waals surface area (Å²) in [6.45, 7) is 0.0755. The summed E-state index contributed by atoms with van der Waals surface area (Å²) in [5.41, 5.74) is 6.41.